The van der Waals surface area contributed by atoms with Crippen LogP contribution in [-0.2, 0) is 11.2 Å². The number of nitrogens with one attached hydrogen (secondary N) is 1. The zero-order valence-electron chi connectivity index (χ0n) is 18.8. The number of amides is 1. The van der Waals surface area contributed by atoms with Crippen molar-refractivity contribution in [3.8, 4) is 5.75 Å². The zero-order valence-corrected chi connectivity index (χ0v) is 19.6. The summed E-state index contributed by atoms with van der Waals surface area (Å²) in [5, 5.41) is 3.75. The van der Waals surface area contributed by atoms with E-state index in [0.717, 1.165) is 53.6 Å². The second-order valence-corrected chi connectivity index (χ2v) is 8.95. The summed E-state index contributed by atoms with van der Waals surface area (Å²) in [6.07, 6.45) is 3.13. The first kappa shape index (κ1) is 23.1. The third-order valence-corrected chi connectivity index (χ3v) is 5.81. The summed E-state index contributed by atoms with van der Waals surface area (Å²) < 4.78 is 5.75. The number of carbonyl (C=O) groups excluding carboxylic acids is 1. The Morgan fingerprint density at radius 1 is 1.03 bits per heavy atom. The van der Waals surface area contributed by atoms with Crippen LogP contribution in [-0.4, -0.2) is 34.7 Å². The van der Waals surface area contributed by atoms with Crippen molar-refractivity contribution >= 4 is 34.1 Å². The average molecular weight is 438 g/mol. The van der Waals surface area contributed by atoms with E-state index in [1.165, 1.54) is 17.3 Å². The molecule has 2 aromatic rings. The number of benzene rings is 2. The summed E-state index contributed by atoms with van der Waals surface area (Å²) in [5.41, 5.74) is 3.34. The molecule has 0 saturated carbocycles. The third kappa shape index (κ3) is 6.69. The minimum absolute atomic E-state index is 0.0549. The van der Waals surface area contributed by atoms with Gasteiger partial charge in [-0.15, -0.1) is 0 Å². The first-order chi connectivity index (χ1) is 14.9. The van der Waals surface area contributed by atoms with Gasteiger partial charge in [0.05, 0.1) is 18.1 Å². The van der Waals surface area contributed by atoms with Gasteiger partial charge in [-0.1, -0.05) is 44.2 Å². The molecule has 5 nitrogen and oxygen atoms in total. The van der Waals surface area contributed by atoms with E-state index in [1.807, 2.05) is 62.4 Å². The molecule has 0 aliphatic carbocycles. The number of thioether (sulfide) groups is 1. The van der Waals surface area contributed by atoms with Gasteiger partial charge < -0.3 is 10.1 Å². The Labute approximate surface area is 189 Å². The van der Waals surface area contributed by atoms with E-state index in [-0.39, 0.29) is 11.7 Å². The van der Waals surface area contributed by atoms with Crippen molar-refractivity contribution in [2.24, 2.45) is 9.98 Å². The Bertz CT molecular complexity index is 948. The quantitative estimate of drug-likeness (QED) is 0.509. The van der Waals surface area contributed by atoms with Gasteiger partial charge in [-0.2, -0.15) is 0 Å². The van der Waals surface area contributed by atoms with Crippen molar-refractivity contribution in [1.29, 1.82) is 0 Å². The average Bonchev–Trinajstić information content (AvgIpc) is 3.08. The first-order valence-electron chi connectivity index (χ1n) is 10.8. The van der Waals surface area contributed by atoms with Crippen molar-refractivity contribution in [1.82, 2.24) is 0 Å². The molecule has 31 heavy (non-hydrogen) atoms. The van der Waals surface area contributed by atoms with Crippen LogP contribution in [0.3, 0.4) is 0 Å². The van der Waals surface area contributed by atoms with E-state index >= 15 is 0 Å². The fourth-order valence-corrected chi connectivity index (χ4v) is 4.06. The summed E-state index contributed by atoms with van der Waals surface area (Å²) in [6.45, 7) is 8.92. The molecular formula is C25H31N3O2S. The number of unbranched alkanes of at least 4 members (excludes halogenated alkanes) is 1. The molecule has 0 aromatic heterocycles. The van der Waals surface area contributed by atoms with Gasteiger partial charge in [0.15, 0.2) is 0 Å². The van der Waals surface area contributed by atoms with E-state index < -0.39 is 5.66 Å². The summed E-state index contributed by atoms with van der Waals surface area (Å²) in [4.78, 5) is 22.0. The molecule has 0 radical (unpaired) electrons. The first-order valence-corrected chi connectivity index (χ1v) is 11.8. The van der Waals surface area contributed by atoms with E-state index in [2.05, 4.69) is 19.2 Å². The van der Waals surface area contributed by atoms with Gasteiger partial charge in [-0.25, -0.2) is 4.99 Å². The van der Waals surface area contributed by atoms with E-state index in [1.54, 1.807) is 0 Å². The molecule has 3 rings (SSSR count). The molecule has 0 unspecified atom stereocenters. The summed E-state index contributed by atoms with van der Waals surface area (Å²) in [7, 11) is 0. The number of rotatable bonds is 9. The monoisotopic (exact) mass is 437 g/mol. The van der Waals surface area contributed by atoms with Crippen LogP contribution >= 0.6 is 11.8 Å². The molecule has 0 spiro atoms. The SMILES string of the molecule is CCCCOc1ccc(C2=NC(C)(C)N=C2SCC(=O)Nc2ccc(CC)cc2)cc1. The molecule has 6 heteroatoms. The Morgan fingerprint density at radius 2 is 1.74 bits per heavy atom. The van der Waals surface area contributed by atoms with Gasteiger partial charge in [0.25, 0.3) is 0 Å². The van der Waals surface area contributed by atoms with Crippen LogP contribution in [0.2, 0.25) is 0 Å². The number of aryl methyl sites for hydroxylation is 1. The number of hydrogen-bond acceptors (Lipinski definition) is 5. The van der Waals surface area contributed by atoms with Crippen LogP contribution in [0.5, 0.6) is 5.75 Å². The van der Waals surface area contributed by atoms with E-state index in [4.69, 9.17) is 14.7 Å². The van der Waals surface area contributed by atoms with Gasteiger partial charge >= 0.3 is 0 Å². The third-order valence-electron chi connectivity index (χ3n) is 4.84. The molecule has 0 atom stereocenters. The highest BCUT2D eigenvalue weighted by atomic mass is 32.2. The summed E-state index contributed by atoms with van der Waals surface area (Å²) in [5.74, 6) is 1.08. The zero-order chi connectivity index (χ0) is 22.3. The highest BCUT2D eigenvalue weighted by Gasteiger charge is 2.28. The van der Waals surface area contributed by atoms with Crippen molar-refractivity contribution in [3.63, 3.8) is 0 Å². The highest BCUT2D eigenvalue weighted by molar-refractivity contribution is 8.16. The molecule has 1 aliphatic rings. The Morgan fingerprint density at radius 3 is 2.39 bits per heavy atom. The molecule has 0 saturated heterocycles. The van der Waals surface area contributed by atoms with E-state index in [9.17, 15) is 4.79 Å². The maximum Gasteiger partial charge on any atom is 0.234 e. The van der Waals surface area contributed by atoms with Gasteiger partial charge in [0.1, 0.15) is 16.5 Å². The summed E-state index contributed by atoms with van der Waals surface area (Å²) in [6, 6.07) is 15.9. The molecule has 164 valence electrons. The number of anilines is 1. The molecular weight excluding hydrogens is 406 g/mol. The smallest absolute Gasteiger partial charge is 0.234 e. The van der Waals surface area contributed by atoms with Crippen LogP contribution < -0.4 is 10.1 Å². The van der Waals surface area contributed by atoms with Gasteiger partial charge in [0, 0.05) is 11.3 Å². The van der Waals surface area contributed by atoms with Crippen LogP contribution in [0.25, 0.3) is 0 Å². The molecule has 1 heterocycles. The lowest BCUT2D eigenvalue weighted by Crippen LogP contribution is -2.17. The lowest BCUT2D eigenvalue weighted by molar-refractivity contribution is -0.113. The lowest BCUT2D eigenvalue weighted by atomic mass is 10.1. The predicted octanol–water partition coefficient (Wildman–Crippen LogP) is 5.74. The predicted molar refractivity (Wildman–Crippen MR) is 132 cm³/mol. The van der Waals surface area contributed by atoms with Crippen LogP contribution in [0.1, 0.15) is 51.7 Å². The Kier molecular flexibility index (Phi) is 7.91. The molecule has 2 aromatic carbocycles. The van der Waals surface area contributed by atoms with Gasteiger partial charge in [0.2, 0.25) is 5.91 Å². The van der Waals surface area contributed by atoms with Gasteiger partial charge in [-0.05, 0) is 68.7 Å². The van der Waals surface area contributed by atoms with Crippen LogP contribution in [0, 0.1) is 0 Å². The van der Waals surface area contributed by atoms with Crippen molar-refractivity contribution in [2.45, 2.75) is 52.6 Å². The second-order valence-electron chi connectivity index (χ2n) is 7.99. The lowest BCUT2D eigenvalue weighted by Gasteiger charge is -2.09. The molecule has 0 fully saturated rings. The molecule has 1 N–H and O–H groups in total. The van der Waals surface area contributed by atoms with Crippen molar-refractivity contribution in [2.75, 3.05) is 17.7 Å². The fraction of sp³-hybridized carbons (Fsp3) is 0.400. The number of hydrogen-bond donors (Lipinski definition) is 1. The number of carbonyl (C=O) groups is 1. The number of ether oxygens (including phenoxy) is 1. The summed E-state index contributed by atoms with van der Waals surface area (Å²) >= 11 is 1.42. The highest BCUT2D eigenvalue weighted by Crippen LogP contribution is 2.27. The molecule has 1 amide bonds. The largest absolute Gasteiger partial charge is 0.494 e. The van der Waals surface area contributed by atoms with Gasteiger partial charge in [-0.3, -0.25) is 9.79 Å². The number of aliphatic imine (C=N–C) groups is 2. The minimum Gasteiger partial charge on any atom is -0.494 e. The topological polar surface area (TPSA) is 63.1 Å². The minimum atomic E-state index is -0.527. The fourth-order valence-electron chi connectivity index (χ4n) is 3.13. The molecule has 1 aliphatic heterocycles. The maximum atomic E-state index is 12.5. The molecule has 0 bridgehead atoms. The standard InChI is InChI=1S/C25H31N3O2S/c1-5-7-16-30-21-14-10-19(11-15-21)23-24(28-25(3,4)27-23)31-17-22(29)26-20-12-8-18(6-2)9-13-20/h8-15H,5-7,16-17H2,1-4H3,(H,26,29). The van der Waals surface area contributed by atoms with Crippen LogP contribution in [0.4, 0.5) is 5.69 Å². The number of nitrogens with zero attached hydrogens (tertiary/aromatic N) is 2. The van der Waals surface area contributed by atoms with Crippen molar-refractivity contribution in [3.05, 3.63) is 59.7 Å². The van der Waals surface area contributed by atoms with Crippen LogP contribution in [0.15, 0.2) is 58.5 Å². The second kappa shape index (κ2) is 10.6. The van der Waals surface area contributed by atoms with E-state index in [0.29, 0.717) is 0 Å². The Hall–Kier alpha value is -2.60. The maximum absolute atomic E-state index is 12.5. The Balaban J connectivity index is 1.61. The normalized spacial score (nSPS) is 14.7. The van der Waals surface area contributed by atoms with Crippen molar-refractivity contribution < 1.29 is 9.53 Å².